The molecule has 1 N–H and O–H groups in total. The summed E-state index contributed by atoms with van der Waals surface area (Å²) in [6.07, 6.45) is 3.46. The Balaban J connectivity index is 1.60. The topological polar surface area (TPSA) is 67.3 Å². The number of hydrogen-bond donors (Lipinski definition) is 1. The van der Waals surface area contributed by atoms with Gasteiger partial charge in [-0.15, -0.1) is 0 Å². The van der Waals surface area contributed by atoms with Gasteiger partial charge in [0.15, 0.2) is 0 Å². The third-order valence-corrected chi connectivity index (χ3v) is 4.09. The van der Waals surface area contributed by atoms with Gasteiger partial charge in [0, 0.05) is 24.5 Å². The Bertz CT molecular complexity index is 720. The van der Waals surface area contributed by atoms with Crippen molar-refractivity contribution in [3.8, 4) is 5.88 Å². The van der Waals surface area contributed by atoms with Crippen LogP contribution in [0.25, 0.3) is 0 Å². The Labute approximate surface area is 141 Å². The fourth-order valence-corrected chi connectivity index (χ4v) is 2.80. The molecule has 0 aliphatic carbocycles. The third kappa shape index (κ3) is 4.01. The van der Waals surface area contributed by atoms with Crippen molar-refractivity contribution in [2.45, 2.75) is 32.8 Å². The SMILES string of the molecule is Cc1nccc(OC2CCCN(C(=O)Nc3ccccc3C)C2)n1. The molecular formula is C18H22N4O2. The molecule has 6 nitrogen and oxygen atoms in total. The van der Waals surface area contributed by atoms with E-state index in [4.69, 9.17) is 4.74 Å². The number of hydrogen-bond acceptors (Lipinski definition) is 4. The molecule has 1 aliphatic heterocycles. The van der Waals surface area contributed by atoms with Crippen molar-refractivity contribution in [1.82, 2.24) is 14.9 Å². The van der Waals surface area contributed by atoms with E-state index in [-0.39, 0.29) is 12.1 Å². The van der Waals surface area contributed by atoms with Crippen LogP contribution >= 0.6 is 0 Å². The highest BCUT2D eigenvalue weighted by Gasteiger charge is 2.25. The van der Waals surface area contributed by atoms with Crippen molar-refractivity contribution in [3.05, 3.63) is 47.9 Å². The predicted octanol–water partition coefficient (Wildman–Crippen LogP) is 3.17. The lowest BCUT2D eigenvalue weighted by atomic mass is 10.1. The van der Waals surface area contributed by atoms with Crippen LogP contribution in [-0.4, -0.2) is 40.1 Å². The van der Waals surface area contributed by atoms with Crippen LogP contribution in [0.15, 0.2) is 36.5 Å². The molecule has 126 valence electrons. The number of amides is 2. The third-order valence-electron chi connectivity index (χ3n) is 4.09. The first kappa shape index (κ1) is 16.2. The van der Waals surface area contributed by atoms with Crippen molar-refractivity contribution in [2.24, 2.45) is 0 Å². The highest BCUT2D eigenvalue weighted by molar-refractivity contribution is 5.90. The van der Waals surface area contributed by atoms with E-state index in [9.17, 15) is 4.79 Å². The number of aryl methyl sites for hydroxylation is 2. The van der Waals surface area contributed by atoms with Crippen LogP contribution in [0, 0.1) is 13.8 Å². The molecule has 1 saturated heterocycles. The molecule has 3 rings (SSSR count). The standard InChI is InChI=1S/C18H22N4O2/c1-13-6-3-4-8-16(13)21-18(23)22-11-5-7-15(12-22)24-17-9-10-19-14(2)20-17/h3-4,6,8-10,15H,5,7,11-12H2,1-2H3,(H,21,23). The molecule has 0 bridgehead atoms. The molecule has 0 saturated carbocycles. The number of rotatable bonds is 3. The van der Waals surface area contributed by atoms with E-state index in [1.165, 1.54) is 0 Å². The number of piperidine rings is 1. The Hall–Kier alpha value is -2.63. The Kier molecular flexibility index (Phi) is 4.93. The molecule has 1 aromatic carbocycles. The summed E-state index contributed by atoms with van der Waals surface area (Å²) in [5.74, 6) is 1.24. The predicted molar refractivity (Wildman–Crippen MR) is 92.2 cm³/mol. The van der Waals surface area contributed by atoms with E-state index in [0.29, 0.717) is 18.2 Å². The molecule has 24 heavy (non-hydrogen) atoms. The number of anilines is 1. The van der Waals surface area contributed by atoms with Crippen molar-refractivity contribution < 1.29 is 9.53 Å². The van der Waals surface area contributed by atoms with E-state index in [2.05, 4.69) is 15.3 Å². The maximum atomic E-state index is 12.5. The van der Waals surface area contributed by atoms with E-state index in [0.717, 1.165) is 30.6 Å². The second-order valence-corrected chi connectivity index (χ2v) is 6.02. The van der Waals surface area contributed by atoms with Gasteiger partial charge in [-0.2, -0.15) is 4.98 Å². The molecule has 1 atom stereocenters. The Morgan fingerprint density at radius 3 is 2.92 bits per heavy atom. The molecule has 0 spiro atoms. The van der Waals surface area contributed by atoms with Gasteiger partial charge >= 0.3 is 6.03 Å². The summed E-state index contributed by atoms with van der Waals surface area (Å²) in [4.78, 5) is 22.6. The summed E-state index contributed by atoms with van der Waals surface area (Å²) in [6, 6.07) is 9.43. The number of aromatic nitrogens is 2. The van der Waals surface area contributed by atoms with Crippen LogP contribution in [0.2, 0.25) is 0 Å². The van der Waals surface area contributed by atoms with Crippen LogP contribution in [0.3, 0.4) is 0 Å². The van der Waals surface area contributed by atoms with E-state index < -0.39 is 0 Å². The molecule has 2 heterocycles. The number of urea groups is 1. The summed E-state index contributed by atoms with van der Waals surface area (Å²) in [7, 11) is 0. The molecular weight excluding hydrogens is 304 g/mol. The van der Waals surface area contributed by atoms with Crippen molar-refractivity contribution in [1.29, 1.82) is 0 Å². The maximum absolute atomic E-state index is 12.5. The van der Waals surface area contributed by atoms with Crippen LogP contribution < -0.4 is 10.1 Å². The molecule has 1 unspecified atom stereocenters. The first-order valence-corrected chi connectivity index (χ1v) is 8.19. The van der Waals surface area contributed by atoms with Crippen LogP contribution in [0.4, 0.5) is 10.5 Å². The van der Waals surface area contributed by atoms with Crippen molar-refractivity contribution >= 4 is 11.7 Å². The quantitative estimate of drug-likeness (QED) is 0.941. The van der Waals surface area contributed by atoms with Gasteiger partial charge in [0.05, 0.1) is 6.54 Å². The van der Waals surface area contributed by atoms with Gasteiger partial charge in [-0.05, 0) is 38.3 Å². The lowest BCUT2D eigenvalue weighted by Gasteiger charge is -2.32. The number of likely N-dealkylation sites (tertiary alicyclic amines) is 1. The van der Waals surface area contributed by atoms with Gasteiger partial charge in [0.1, 0.15) is 11.9 Å². The molecule has 2 aromatic rings. The fourth-order valence-electron chi connectivity index (χ4n) is 2.80. The summed E-state index contributed by atoms with van der Waals surface area (Å²) in [5, 5.41) is 2.98. The number of ether oxygens (including phenoxy) is 1. The average Bonchev–Trinajstić information content (AvgIpc) is 2.57. The minimum atomic E-state index is -0.0866. The highest BCUT2D eigenvalue weighted by Crippen LogP contribution is 2.19. The minimum Gasteiger partial charge on any atom is -0.472 e. The number of para-hydroxylation sites is 1. The number of carbonyl (C=O) groups excluding carboxylic acids is 1. The fraction of sp³-hybridized carbons (Fsp3) is 0.389. The monoisotopic (exact) mass is 326 g/mol. The lowest BCUT2D eigenvalue weighted by Crippen LogP contribution is -2.46. The van der Waals surface area contributed by atoms with Crippen LogP contribution in [0.5, 0.6) is 5.88 Å². The Morgan fingerprint density at radius 1 is 1.29 bits per heavy atom. The summed E-state index contributed by atoms with van der Waals surface area (Å²) < 4.78 is 5.92. The zero-order valence-electron chi connectivity index (χ0n) is 14.0. The molecule has 1 fully saturated rings. The van der Waals surface area contributed by atoms with Gasteiger partial charge in [-0.25, -0.2) is 9.78 Å². The number of carbonyl (C=O) groups is 1. The first-order chi connectivity index (χ1) is 11.6. The zero-order valence-corrected chi connectivity index (χ0v) is 14.0. The first-order valence-electron chi connectivity index (χ1n) is 8.19. The van der Waals surface area contributed by atoms with Gasteiger partial charge < -0.3 is 15.0 Å². The molecule has 2 amide bonds. The van der Waals surface area contributed by atoms with E-state index in [1.807, 2.05) is 38.1 Å². The zero-order chi connectivity index (χ0) is 16.9. The second-order valence-electron chi connectivity index (χ2n) is 6.02. The minimum absolute atomic E-state index is 0.0457. The van der Waals surface area contributed by atoms with Crippen molar-refractivity contribution in [2.75, 3.05) is 18.4 Å². The molecule has 1 aliphatic rings. The lowest BCUT2D eigenvalue weighted by molar-refractivity contribution is 0.102. The van der Waals surface area contributed by atoms with Gasteiger partial charge in [0.2, 0.25) is 5.88 Å². The van der Waals surface area contributed by atoms with E-state index >= 15 is 0 Å². The normalized spacial score (nSPS) is 17.4. The average molecular weight is 326 g/mol. The largest absolute Gasteiger partial charge is 0.472 e. The maximum Gasteiger partial charge on any atom is 0.321 e. The van der Waals surface area contributed by atoms with Crippen molar-refractivity contribution in [3.63, 3.8) is 0 Å². The molecule has 1 aromatic heterocycles. The van der Waals surface area contributed by atoms with Crippen LogP contribution in [0.1, 0.15) is 24.2 Å². The Morgan fingerprint density at radius 2 is 2.12 bits per heavy atom. The smallest absolute Gasteiger partial charge is 0.321 e. The number of nitrogens with one attached hydrogen (secondary N) is 1. The van der Waals surface area contributed by atoms with Crippen LogP contribution in [-0.2, 0) is 0 Å². The van der Waals surface area contributed by atoms with Gasteiger partial charge in [-0.3, -0.25) is 0 Å². The molecule has 0 radical (unpaired) electrons. The summed E-state index contributed by atoms with van der Waals surface area (Å²) in [5.41, 5.74) is 1.89. The van der Waals surface area contributed by atoms with Gasteiger partial charge in [0.25, 0.3) is 0 Å². The molecule has 6 heteroatoms. The van der Waals surface area contributed by atoms with Gasteiger partial charge in [-0.1, -0.05) is 18.2 Å². The summed E-state index contributed by atoms with van der Waals surface area (Å²) >= 11 is 0. The highest BCUT2D eigenvalue weighted by atomic mass is 16.5. The summed E-state index contributed by atoms with van der Waals surface area (Å²) in [6.45, 7) is 5.10. The second kappa shape index (κ2) is 7.29. The number of benzene rings is 1. The number of nitrogens with zero attached hydrogens (tertiary/aromatic N) is 3. The van der Waals surface area contributed by atoms with E-state index in [1.54, 1.807) is 17.2 Å².